The van der Waals surface area contributed by atoms with Crippen molar-refractivity contribution in [3.63, 3.8) is 0 Å². The number of hydrogen-bond donors (Lipinski definition) is 3. The van der Waals surface area contributed by atoms with Crippen LogP contribution < -0.4 is 21.2 Å². The van der Waals surface area contributed by atoms with E-state index in [2.05, 4.69) is 25.1 Å². The number of imidazole rings is 1. The van der Waals surface area contributed by atoms with Crippen LogP contribution in [0, 0.1) is 5.92 Å². The third-order valence-corrected chi connectivity index (χ3v) is 8.83. The molecule has 0 unspecified atom stereocenters. The molecule has 4 N–H and O–H groups in total. The monoisotopic (exact) mass is 680 g/mol. The van der Waals surface area contributed by atoms with Gasteiger partial charge in [0.05, 0.1) is 6.33 Å². The fraction of sp³-hybridized carbons (Fsp3) is 0.621. The minimum atomic E-state index is -4.70. The lowest BCUT2D eigenvalue weighted by atomic mass is 9.90. The number of hydrazine groups is 1. The van der Waals surface area contributed by atoms with Crippen molar-refractivity contribution in [3.05, 3.63) is 36.2 Å². The first-order valence-corrected chi connectivity index (χ1v) is 14.9. The molecule has 9 nitrogen and oxygen atoms in total. The van der Waals surface area contributed by atoms with Crippen LogP contribution in [0.25, 0.3) is 11.2 Å². The van der Waals surface area contributed by atoms with Gasteiger partial charge in [0.15, 0.2) is 17.0 Å². The number of anilines is 2. The average Bonchev–Trinajstić information content (AvgIpc) is 3.62. The van der Waals surface area contributed by atoms with E-state index in [-0.39, 0.29) is 54.9 Å². The van der Waals surface area contributed by atoms with Crippen molar-refractivity contribution >= 4 is 60.2 Å². The summed E-state index contributed by atoms with van der Waals surface area (Å²) in [5.41, 5.74) is 11.8. The van der Waals surface area contributed by atoms with Gasteiger partial charge in [0.1, 0.15) is 5.75 Å². The Bertz CT molecular complexity index is 1320. The van der Waals surface area contributed by atoms with Gasteiger partial charge in [-0.05, 0) is 75.3 Å². The predicted molar refractivity (Wildman–Crippen MR) is 173 cm³/mol. The second-order valence-electron chi connectivity index (χ2n) is 11.8. The highest BCUT2D eigenvalue weighted by atomic mass is 35.5. The molecule has 2 aliphatic carbocycles. The summed E-state index contributed by atoms with van der Waals surface area (Å²) in [6, 6.07) is 7.40. The lowest BCUT2D eigenvalue weighted by Crippen LogP contribution is -2.39. The van der Waals surface area contributed by atoms with Gasteiger partial charge < -0.3 is 25.8 Å². The van der Waals surface area contributed by atoms with E-state index in [1.165, 1.54) is 18.9 Å². The summed E-state index contributed by atoms with van der Waals surface area (Å²) in [5, 5.41) is 5.70. The SMILES string of the molecule is Cl.Cl.Cl.NC1CCC(Nc2nc(NN3CCC(Cc4ccccc4OC(F)(F)F)CC3)c3ncn(C4CCCC4)c3n2)CC1. The van der Waals surface area contributed by atoms with Gasteiger partial charge in [0, 0.05) is 31.2 Å². The van der Waals surface area contributed by atoms with Crippen LogP contribution in [0.15, 0.2) is 30.6 Å². The highest BCUT2D eigenvalue weighted by molar-refractivity contribution is 5.86. The maximum Gasteiger partial charge on any atom is 0.573 e. The van der Waals surface area contributed by atoms with Gasteiger partial charge in [-0.2, -0.15) is 9.97 Å². The number of halogens is 6. The van der Waals surface area contributed by atoms with E-state index in [1.807, 2.05) is 6.33 Å². The van der Waals surface area contributed by atoms with Crippen LogP contribution in [-0.2, 0) is 6.42 Å². The van der Waals surface area contributed by atoms with Crippen LogP contribution in [0.2, 0.25) is 0 Å². The Morgan fingerprint density at radius 1 is 0.909 bits per heavy atom. The molecule has 3 aromatic rings. The maximum absolute atomic E-state index is 12.9. The molecule has 15 heteroatoms. The smallest absolute Gasteiger partial charge is 0.406 e. The molecule has 0 spiro atoms. The summed E-state index contributed by atoms with van der Waals surface area (Å²) in [4.78, 5) is 14.5. The fourth-order valence-corrected chi connectivity index (χ4v) is 6.56. The van der Waals surface area contributed by atoms with Gasteiger partial charge in [-0.15, -0.1) is 50.4 Å². The van der Waals surface area contributed by atoms with Crippen LogP contribution in [0.5, 0.6) is 5.75 Å². The van der Waals surface area contributed by atoms with Crippen LogP contribution in [0.4, 0.5) is 24.9 Å². The largest absolute Gasteiger partial charge is 0.573 e. The van der Waals surface area contributed by atoms with Crippen molar-refractivity contribution in [2.75, 3.05) is 23.8 Å². The lowest BCUT2D eigenvalue weighted by molar-refractivity contribution is -0.274. The van der Waals surface area contributed by atoms with Crippen LogP contribution in [0.1, 0.15) is 75.8 Å². The summed E-state index contributed by atoms with van der Waals surface area (Å²) in [6.07, 6.45) is 8.10. The minimum absolute atomic E-state index is 0. The molecule has 0 bridgehead atoms. The van der Waals surface area contributed by atoms with Crippen LogP contribution in [-0.4, -0.2) is 56.1 Å². The third-order valence-electron chi connectivity index (χ3n) is 8.83. The summed E-state index contributed by atoms with van der Waals surface area (Å²) in [6.45, 7) is 1.48. The number of fused-ring (bicyclic) bond motifs is 1. The van der Waals surface area contributed by atoms with E-state index in [4.69, 9.17) is 20.7 Å². The molecule has 3 heterocycles. The molecule has 6 rings (SSSR count). The molecule has 44 heavy (non-hydrogen) atoms. The molecule has 0 radical (unpaired) electrons. The average molecular weight is 682 g/mol. The Morgan fingerprint density at radius 3 is 2.27 bits per heavy atom. The molecular formula is C29H42Cl3F3N8O. The van der Waals surface area contributed by atoms with Crippen molar-refractivity contribution in [1.82, 2.24) is 24.5 Å². The second kappa shape index (κ2) is 15.8. The van der Waals surface area contributed by atoms with E-state index in [9.17, 15) is 13.2 Å². The first kappa shape index (κ1) is 36.2. The molecule has 2 saturated carbocycles. The normalized spacial score (nSPS) is 21.6. The zero-order valence-electron chi connectivity index (χ0n) is 24.5. The van der Waals surface area contributed by atoms with Gasteiger partial charge in [-0.25, -0.2) is 9.99 Å². The summed E-state index contributed by atoms with van der Waals surface area (Å²) in [5.74, 6) is 1.44. The number of hydrogen-bond acceptors (Lipinski definition) is 8. The fourth-order valence-electron chi connectivity index (χ4n) is 6.56. The number of ether oxygens (including phenoxy) is 1. The van der Waals surface area contributed by atoms with Gasteiger partial charge in [-0.3, -0.25) is 0 Å². The van der Waals surface area contributed by atoms with E-state index < -0.39 is 6.36 Å². The Morgan fingerprint density at radius 2 is 1.59 bits per heavy atom. The number of benzene rings is 1. The van der Waals surface area contributed by atoms with Crippen molar-refractivity contribution < 1.29 is 17.9 Å². The molecule has 0 amide bonds. The number of piperidine rings is 1. The molecule has 2 aromatic heterocycles. The topological polar surface area (TPSA) is 106 Å². The van der Waals surface area contributed by atoms with E-state index in [0.717, 1.165) is 75.6 Å². The number of alkyl halides is 3. The number of nitrogens with two attached hydrogens (primary N) is 1. The first-order valence-electron chi connectivity index (χ1n) is 14.9. The quantitative estimate of drug-likeness (QED) is 0.232. The number of para-hydroxylation sites is 1. The van der Waals surface area contributed by atoms with Crippen LogP contribution >= 0.6 is 37.2 Å². The van der Waals surface area contributed by atoms with Gasteiger partial charge in [0.2, 0.25) is 5.95 Å². The Labute approximate surface area is 274 Å². The molecule has 246 valence electrons. The first-order chi connectivity index (χ1) is 19.8. The maximum atomic E-state index is 12.9. The molecule has 3 fully saturated rings. The standard InChI is InChI=1S/C29H39F3N8O.3ClH/c30-29(31,32)41-24-8-4-1-5-20(24)17-19-13-15-39(16-14-19)38-26-25-27(40(18-34-25)23-6-2-3-7-23)37-28(36-26)35-22-11-9-21(33)10-12-22;;;/h1,4-5,8,18-19,21-23H,2-3,6-7,9-17,33H2,(H2,35,36,37,38);3*1H. The molecule has 1 aromatic carbocycles. The van der Waals surface area contributed by atoms with E-state index >= 15 is 0 Å². The number of nitrogens with one attached hydrogen (secondary N) is 2. The van der Waals surface area contributed by atoms with Crippen molar-refractivity contribution in [3.8, 4) is 5.75 Å². The van der Waals surface area contributed by atoms with E-state index in [0.29, 0.717) is 35.8 Å². The van der Waals surface area contributed by atoms with Gasteiger partial charge in [-0.1, -0.05) is 31.0 Å². The zero-order chi connectivity index (χ0) is 28.4. The number of aromatic nitrogens is 4. The molecule has 1 aliphatic heterocycles. The second-order valence-corrected chi connectivity index (χ2v) is 11.8. The Kier molecular flexibility index (Phi) is 13.0. The molecular weight excluding hydrogens is 640 g/mol. The van der Waals surface area contributed by atoms with Crippen LogP contribution in [0.3, 0.4) is 0 Å². The van der Waals surface area contributed by atoms with Crippen molar-refractivity contribution in [2.45, 2.75) is 95.1 Å². The minimum Gasteiger partial charge on any atom is -0.406 e. The highest BCUT2D eigenvalue weighted by Crippen LogP contribution is 2.34. The summed E-state index contributed by atoms with van der Waals surface area (Å²) < 4.78 is 45.1. The zero-order valence-corrected chi connectivity index (χ0v) is 26.9. The summed E-state index contributed by atoms with van der Waals surface area (Å²) in [7, 11) is 0. The van der Waals surface area contributed by atoms with Crippen molar-refractivity contribution in [2.24, 2.45) is 11.7 Å². The van der Waals surface area contributed by atoms with E-state index in [1.54, 1.807) is 18.2 Å². The van der Waals surface area contributed by atoms with Gasteiger partial charge in [0.25, 0.3) is 0 Å². The molecule has 0 atom stereocenters. The Balaban J connectivity index is 0.00000176. The lowest BCUT2D eigenvalue weighted by Gasteiger charge is -2.33. The van der Waals surface area contributed by atoms with Crippen molar-refractivity contribution in [1.29, 1.82) is 0 Å². The number of rotatable bonds is 8. The Hall–Kier alpha value is -2.25. The highest BCUT2D eigenvalue weighted by Gasteiger charge is 2.32. The molecule has 1 saturated heterocycles. The predicted octanol–water partition coefficient (Wildman–Crippen LogP) is 7.07. The summed E-state index contributed by atoms with van der Waals surface area (Å²) >= 11 is 0. The molecule has 3 aliphatic rings. The third kappa shape index (κ3) is 8.93. The number of nitrogens with zero attached hydrogens (tertiary/aromatic N) is 5. The van der Waals surface area contributed by atoms with Gasteiger partial charge >= 0.3 is 6.36 Å².